The molecule has 0 heterocycles. The molecule has 1 rings (SSSR count). The van der Waals surface area contributed by atoms with Crippen LogP contribution >= 0.6 is 0 Å². The summed E-state index contributed by atoms with van der Waals surface area (Å²) in [5.41, 5.74) is 7.18. The quantitative estimate of drug-likeness (QED) is 0.714. The molecule has 0 radical (unpaired) electrons. The lowest BCUT2D eigenvalue weighted by molar-refractivity contribution is 0.435. The molecule has 0 fully saturated rings. The van der Waals surface area contributed by atoms with Gasteiger partial charge in [0.15, 0.2) is 0 Å². The fourth-order valence-corrected chi connectivity index (χ4v) is 1.17. The molecule has 0 bridgehead atoms. The molecule has 1 nitrogen and oxygen atoms in total. The van der Waals surface area contributed by atoms with Crippen molar-refractivity contribution in [2.45, 2.75) is 32.2 Å². The van der Waals surface area contributed by atoms with E-state index in [-0.39, 0.29) is 6.97 Å². The summed E-state index contributed by atoms with van der Waals surface area (Å²) < 4.78 is 0. The van der Waals surface area contributed by atoms with Crippen molar-refractivity contribution >= 4 is 0 Å². The molecule has 0 saturated heterocycles. The van der Waals surface area contributed by atoms with Crippen molar-refractivity contribution in [1.82, 2.24) is 0 Å². The zero-order chi connectivity index (χ0) is 9.19. The second kappa shape index (κ2) is 3.28. The Bertz CT molecular complexity index is 238. The lowest BCUT2D eigenvalue weighted by atomic mass is 9.84. The van der Waals surface area contributed by atoms with Gasteiger partial charge in [0, 0.05) is 5.54 Å². The predicted octanol–water partition coefficient (Wildman–Crippen LogP) is 2.64. The van der Waals surface area contributed by atoms with Crippen LogP contribution in [0.4, 0.5) is 0 Å². The summed E-state index contributed by atoms with van der Waals surface area (Å²) in [6.07, 6.45) is 0. The maximum absolute atomic E-state index is 6.01. The Morgan fingerprint density at radius 2 is 1.75 bits per heavy atom. The summed E-state index contributed by atoms with van der Waals surface area (Å²) in [5.74, 6) is 0.402. The van der Waals surface area contributed by atoms with Crippen LogP contribution in [0.15, 0.2) is 30.3 Å². The Morgan fingerprint density at radius 1 is 1.25 bits per heavy atom. The molecule has 1 heteroatoms. The Hall–Kier alpha value is -0.820. The SMILES string of the molecule is CC(c1ccccc1)C(C)(C)N.[H+]. The highest BCUT2D eigenvalue weighted by atomic mass is 14.7. The van der Waals surface area contributed by atoms with Crippen LogP contribution in [0.5, 0.6) is 0 Å². The number of hydrogen-bond acceptors (Lipinski definition) is 1. The third kappa shape index (κ3) is 2.08. The first-order valence-electron chi connectivity index (χ1n) is 4.35. The number of nitrogens with two attached hydrogens (primary N) is 1. The van der Waals surface area contributed by atoms with Gasteiger partial charge in [0.1, 0.15) is 0 Å². The summed E-state index contributed by atoms with van der Waals surface area (Å²) in [6, 6.07) is 10.4. The van der Waals surface area contributed by atoms with Gasteiger partial charge in [-0.2, -0.15) is 0 Å². The molecule has 2 N–H and O–H groups in total. The van der Waals surface area contributed by atoms with Crippen molar-refractivity contribution in [2.75, 3.05) is 0 Å². The minimum atomic E-state index is -0.138. The van der Waals surface area contributed by atoms with Gasteiger partial charge in [-0.3, -0.25) is 0 Å². The first kappa shape index (κ1) is 9.27. The summed E-state index contributed by atoms with van der Waals surface area (Å²) >= 11 is 0. The number of benzene rings is 1. The van der Waals surface area contributed by atoms with Crippen LogP contribution in [-0.4, -0.2) is 5.54 Å². The molecule has 1 aromatic rings. The molecule has 0 aliphatic carbocycles. The standard InChI is InChI=1S/C11H17N/c1-9(11(2,3)12)10-7-5-4-6-8-10/h4-9H,12H2,1-3H3/p+1. The van der Waals surface area contributed by atoms with Crippen LogP contribution in [-0.2, 0) is 0 Å². The highest BCUT2D eigenvalue weighted by Gasteiger charge is 2.21. The Morgan fingerprint density at radius 3 is 2.17 bits per heavy atom. The molecule has 1 atom stereocenters. The van der Waals surface area contributed by atoms with Crippen molar-refractivity contribution in [2.24, 2.45) is 5.73 Å². The Balaban J connectivity index is 0.00000144. The van der Waals surface area contributed by atoms with E-state index >= 15 is 0 Å². The zero-order valence-corrected chi connectivity index (χ0v) is 8.04. The van der Waals surface area contributed by atoms with E-state index in [0.29, 0.717) is 5.92 Å². The van der Waals surface area contributed by atoms with Crippen LogP contribution in [0.3, 0.4) is 0 Å². The maximum atomic E-state index is 6.01. The van der Waals surface area contributed by atoms with E-state index in [4.69, 9.17) is 5.73 Å². The monoisotopic (exact) mass is 164 g/mol. The van der Waals surface area contributed by atoms with Crippen molar-refractivity contribution < 1.29 is 1.43 Å². The molecule has 0 amide bonds. The van der Waals surface area contributed by atoms with Crippen LogP contribution in [0.25, 0.3) is 0 Å². The van der Waals surface area contributed by atoms with Crippen LogP contribution in [0.2, 0.25) is 0 Å². The molecule has 0 saturated carbocycles. The summed E-state index contributed by atoms with van der Waals surface area (Å²) in [4.78, 5) is 0. The lowest BCUT2D eigenvalue weighted by Crippen LogP contribution is -2.37. The van der Waals surface area contributed by atoms with Crippen LogP contribution in [0.1, 0.15) is 33.7 Å². The first-order valence-corrected chi connectivity index (χ1v) is 4.35. The van der Waals surface area contributed by atoms with Crippen LogP contribution in [0, 0.1) is 0 Å². The minimum absolute atomic E-state index is 0. The molecule has 1 aromatic carbocycles. The Labute approximate surface area is 76.1 Å². The highest BCUT2D eigenvalue weighted by molar-refractivity contribution is 5.21. The van der Waals surface area contributed by atoms with Gasteiger partial charge in [-0.15, -0.1) is 0 Å². The lowest BCUT2D eigenvalue weighted by Gasteiger charge is -2.27. The van der Waals surface area contributed by atoms with Crippen molar-refractivity contribution in [3.8, 4) is 0 Å². The van der Waals surface area contributed by atoms with Gasteiger partial charge in [-0.05, 0) is 25.3 Å². The molecule has 1 unspecified atom stereocenters. The maximum Gasteiger partial charge on any atom is 1.00 e. The predicted molar refractivity (Wildman–Crippen MR) is 54.2 cm³/mol. The largest absolute Gasteiger partial charge is 1.00 e. The number of hydrogen-bond donors (Lipinski definition) is 1. The third-order valence-electron chi connectivity index (χ3n) is 2.42. The van der Waals surface area contributed by atoms with Crippen molar-refractivity contribution in [3.63, 3.8) is 0 Å². The van der Waals surface area contributed by atoms with E-state index in [2.05, 4.69) is 45.0 Å². The average Bonchev–Trinajstić information content (AvgIpc) is 2.03. The first-order chi connectivity index (χ1) is 5.52. The van der Waals surface area contributed by atoms with Gasteiger partial charge in [-0.1, -0.05) is 37.3 Å². The molecule has 0 aliphatic heterocycles. The van der Waals surface area contributed by atoms with Gasteiger partial charge in [0.2, 0.25) is 0 Å². The molecular weight excluding hydrogens is 146 g/mol. The topological polar surface area (TPSA) is 26.0 Å². The van der Waals surface area contributed by atoms with Crippen LogP contribution < -0.4 is 5.73 Å². The summed E-state index contributed by atoms with van der Waals surface area (Å²) in [6.45, 7) is 6.28. The molecule has 0 aromatic heterocycles. The fraction of sp³-hybridized carbons (Fsp3) is 0.455. The van der Waals surface area contributed by atoms with E-state index in [1.165, 1.54) is 5.56 Å². The minimum Gasteiger partial charge on any atom is -0.325 e. The summed E-state index contributed by atoms with van der Waals surface area (Å²) in [7, 11) is 0. The molecular formula is C11H18N+. The van der Waals surface area contributed by atoms with E-state index in [1.54, 1.807) is 0 Å². The molecule has 12 heavy (non-hydrogen) atoms. The van der Waals surface area contributed by atoms with Crippen molar-refractivity contribution in [1.29, 1.82) is 0 Å². The van der Waals surface area contributed by atoms with Gasteiger partial charge in [0.05, 0.1) is 0 Å². The second-order valence-electron chi connectivity index (χ2n) is 3.95. The second-order valence-corrected chi connectivity index (χ2v) is 3.95. The normalized spacial score (nSPS) is 14.3. The van der Waals surface area contributed by atoms with E-state index in [0.717, 1.165) is 0 Å². The van der Waals surface area contributed by atoms with Gasteiger partial charge in [0.25, 0.3) is 0 Å². The third-order valence-corrected chi connectivity index (χ3v) is 2.42. The molecule has 66 valence electrons. The Kier molecular flexibility index (Phi) is 2.53. The van der Waals surface area contributed by atoms with E-state index in [9.17, 15) is 0 Å². The molecule has 0 spiro atoms. The van der Waals surface area contributed by atoms with Crippen molar-refractivity contribution in [3.05, 3.63) is 35.9 Å². The zero-order valence-electron chi connectivity index (χ0n) is 9.04. The number of rotatable bonds is 2. The average molecular weight is 164 g/mol. The van der Waals surface area contributed by atoms with E-state index < -0.39 is 0 Å². The van der Waals surface area contributed by atoms with Gasteiger partial charge < -0.3 is 5.73 Å². The smallest absolute Gasteiger partial charge is 0.325 e. The fourth-order valence-electron chi connectivity index (χ4n) is 1.17. The summed E-state index contributed by atoms with van der Waals surface area (Å²) in [5, 5.41) is 0. The van der Waals surface area contributed by atoms with Gasteiger partial charge in [-0.25, -0.2) is 0 Å². The molecule has 0 aliphatic rings. The van der Waals surface area contributed by atoms with Gasteiger partial charge >= 0.3 is 1.43 Å². The van der Waals surface area contributed by atoms with E-state index in [1.807, 2.05) is 6.07 Å². The highest BCUT2D eigenvalue weighted by Crippen LogP contribution is 2.24.